The van der Waals surface area contributed by atoms with E-state index < -0.39 is 0 Å². The molecule has 0 amide bonds. The lowest BCUT2D eigenvalue weighted by atomic mass is 10.2. The second-order valence-electron chi connectivity index (χ2n) is 2.40. The molecule has 2 aromatic heterocycles. The summed E-state index contributed by atoms with van der Waals surface area (Å²) >= 11 is 0. The van der Waals surface area contributed by atoms with Crippen molar-refractivity contribution in [1.82, 2.24) is 20.4 Å². The van der Waals surface area contributed by atoms with Gasteiger partial charge in [0.15, 0.2) is 0 Å². The second-order valence-corrected chi connectivity index (χ2v) is 2.40. The van der Waals surface area contributed by atoms with Crippen LogP contribution in [0.4, 0.5) is 0 Å². The fourth-order valence-electron chi connectivity index (χ4n) is 0.959. The highest BCUT2D eigenvalue weighted by Gasteiger charge is 1.97. The van der Waals surface area contributed by atoms with Crippen molar-refractivity contribution >= 4 is 0 Å². The summed E-state index contributed by atoms with van der Waals surface area (Å²) < 4.78 is 0. The third kappa shape index (κ3) is 1.47. The van der Waals surface area contributed by atoms with Crippen LogP contribution in [-0.4, -0.2) is 20.4 Å². The molecule has 0 aliphatic rings. The van der Waals surface area contributed by atoms with E-state index in [1.165, 1.54) is 0 Å². The van der Waals surface area contributed by atoms with Gasteiger partial charge in [0.25, 0.3) is 0 Å². The Balaban J connectivity index is 2.15. The molecule has 1 radical (unpaired) electrons. The molecular formula is C8H7N4. The number of nitrogens with one attached hydrogen (secondary N) is 1. The predicted molar refractivity (Wildman–Crippen MR) is 42.3 cm³/mol. The van der Waals surface area contributed by atoms with Gasteiger partial charge in [-0.25, -0.2) is 0 Å². The van der Waals surface area contributed by atoms with Crippen molar-refractivity contribution in [1.29, 1.82) is 0 Å². The maximum atomic E-state index is 4.16. The fourth-order valence-corrected chi connectivity index (χ4v) is 0.959. The highest BCUT2D eigenvalue weighted by atomic mass is 15.3. The quantitative estimate of drug-likeness (QED) is 0.697. The third-order valence-corrected chi connectivity index (χ3v) is 1.50. The highest BCUT2D eigenvalue weighted by molar-refractivity contribution is 5.10. The third-order valence-electron chi connectivity index (χ3n) is 1.50. The number of rotatable bonds is 2. The average Bonchev–Trinajstić information content (AvgIpc) is 2.59. The van der Waals surface area contributed by atoms with Crippen LogP contribution in [0.5, 0.6) is 0 Å². The van der Waals surface area contributed by atoms with Crippen LogP contribution < -0.4 is 0 Å². The van der Waals surface area contributed by atoms with E-state index in [1.807, 2.05) is 18.2 Å². The Morgan fingerprint density at radius 2 is 2.42 bits per heavy atom. The van der Waals surface area contributed by atoms with Gasteiger partial charge >= 0.3 is 0 Å². The number of hydrogen-bond acceptors (Lipinski definition) is 3. The Morgan fingerprint density at radius 1 is 1.42 bits per heavy atom. The molecule has 4 nitrogen and oxygen atoms in total. The lowest BCUT2D eigenvalue weighted by Gasteiger charge is -1.93. The molecule has 0 spiro atoms. The number of aromatic amines is 1. The summed E-state index contributed by atoms with van der Waals surface area (Å²) in [5.74, 6) is 0. The first-order valence-electron chi connectivity index (χ1n) is 3.62. The first kappa shape index (κ1) is 6.97. The van der Waals surface area contributed by atoms with E-state index in [0.717, 1.165) is 11.4 Å². The number of H-pyrrole nitrogens is 1. The van der Waals surface area contributed by atoms with Crippen molar-refractivity contribution in [2.45, 2.75) is 6.42 Å². The lowest BCUT2D eigenvalue weighted by Crippen LogP contribution is -1.91. The first-order valence-corrected chi connectivity index (χ1v) is 3.62. The van der Waals surface area contributed by atoms with E-state index in [1.54, 1.807) is 6.20 Å². The van der Waals surface area contributed by atoms with E-state index >= 15 is 0 Å². The van der Waals surface area contributed by atoms with Gasteiger partial charge in [0.2, 0.25) is 0 Å². The van der Waals surface area contributed by atoms with Crippen LogP contribution in [0.3, 0.4) is 0 Å². The van der Waals surface area contributed by atoms with Crippen molar-refractivity contribution in [3.8, 4) is 0 Å². The van der Waals surface area contributed by atoms with Gasteiger partial charge in [-0.05, 0) is 12.1 Å². The predicted octanol–water partition coefficient (Wildman–Crippen LogP) is 0.591. The monoisotopic (exact) mass is 159 g/mol. The zero-order chi connectivity index (χ0) is 8.23. The molecule has 0 aliphatic heterocycles. The van der Waals surface area contributed by atoms with E-state index in [4.69, 9.17) is 0 Å². The van der Waals surface area contributed by atoms with Crippen LogP contribution in [0.1, 0.15) is 11.4 Å². The summed E-state index contributed by atoms with van der Waals surface area (Å²) in [4.78, 5) is 4.16. The van der Waals surface area contributed by atoms with Gasteiger partial charge < -0.3 is 0 Å². The van der Waals surface area contributed by atoms with Crippen molar-refractivity contribution in [3.05, 3.63) is 42.0 Å². The average molecular weight is 159 g/mol. The summed E-state index contributed by atoms with van der Waals surface area (Å²) in [6.07, 6.45) is 5.19. The van der Waals surface area contributed by atoms with Gasteiger partial charge in [-0.3, -0.25) is 10.1 Å². The Morgan fingerprint density at radius 3 is 3.08 bits per heavy atom. The van der Waals surface area contributed by atoms with Gasteiger partial charge in [0.1, 0.15) is 6.20 Å². The summed E-state index contributed by atoms with van der Waals surface area (Å²) in [7, 11) is 0. The van der Waals surface area contributed by atoms with E-state index in [2.05, 4.69) is 26.6 Å². The van der Waals surface area contributed by atoms with Crippen LogP contribution >= 0.6 is 0 Å². The standard InChI is InChI=1S/C8H7N4/c1-2-4-9-7(3-1)5-8-6-10-12-11-8/h1-4H,5H2,(H,10,11,12). The highest BCUT2D eigenvalue weighted by Crippen LogP contribution is 2.00. The molecule has 0 unspecified atom stereocenters. The minimum atomic E-state index is 0.702. The van der Waals surface area contributed by atoms with Crippen molar-refractivity contribution in [3.63, 3.8) is 0 Å². The number of pyridine rings is 1. The maximum absolute atomic E-state index is 4.16. The first-order chi connectivity index (χ1) is 5.95. The molecule has 2 heterocycles. The van der Waals surface area contributed by atoms with Crippen LogP contribution in [0.25, 0.3) is 0 Å². The molecule has 0 saturated carbocycles. The molecule has 0 aliphatic carbocycles. The van der Waals surface area contributed by atoms with Gasteiger partial charge in [-0.15, -0.1) is 5.10 Å². The minimum Gasteiger partial charge on any atom is -0.261 e. The molecule has 2 rings (SSSR count). The van der Waals surface area contributed by atoms with Crippen LogP contribution in [-0.2, 0) is 6.42 Å². The molecular weight excluding hydrogens is 152 g/mol. The van der Waals surface area contributed by atoms with Crippen LogP contribution in [0.2, 0.25) is 0 Å². The Kier molecular flexibility index (Phi) is 1.82. The van der Waals surface area contributed by atoms with Crippen LogP contribution in [0.15, 0.2) is 24.4 Å². The van der Waals surface area contributed by atoms with Crippen molar-refractivity contribution in [2.75, 3.05) is 0 Å². The van der Waals surface area contributed by atoms with Crippen LogP contribution in [0, 0.1) is 6.20 Å². The normalized spacial score (nSPS) is 10.0. The Bertz CT molecular complexity index is 327. The molecule has 4 heteroatoms. The lowest BCUT2D eigenvalue weighted by molar-refractivity contribution is 0.908. The van der Waals surface area contributed by atoms with Gasteiger partial charge in [-0.1, -0.05) is 11.3 Å². The molecule has 59 valence electrons. The molecule has 2 aromatic rings. The van der Waals surface area contributed by atoms with E-state index in [9.17, 15) is 0 Å². The van der Waals surface area contributed by atoms with Crippen molar-refractivity contribution in [2.24, 2.45) is 0 Å². The SMILES string of the molecule is [c]1nn[nH]c1Cc1ccccn1. The largest absolute Gasteiger partial charge is 0.261 e. The molecule has 12 heavy (non-hydrogen) atoms. The number of hydrogen-bond donors (Lipinski definition) is 1. The number of aromatic nitrogens is 4. The zero-order valence-electron chi connectivity index (χ0n) is 6.36. The van der Waals surface area contributed by atoms with Gasteiger partial charge in [0, 0.05) is 18.3 Å². The summed E-state index contributed by atoms with van der Waals surface area (Å²) in [5, 5.41) is 9.85. The molecule has 1 N–H and O–H groups in total. The van der Waals surface area contributed by atoms with Crippen molar-refractivity contribution < 1.29 is 0 Å². The fraction of sp³-hybridized carbons (Fsp3) is 0.125. The van der Waals surface area contributed by atoms with Gasteiger partial charge in [0.05, 0.1) is 5.69 Å². The second kappa shape index (κ2) is 3.13. The molecule has 0 fully saturated rings. The Hall–Kier alpha value is -1.71. The summed E-state index contributed by atoms with van der Waals surface area (Å²) in [6.45, 7) is 0. The molecule has 0 saturated heterocycles. The summed E-state index contributed by atoms with van der Waals surface area (Å²) in [5.41, 5.74) is 1.84. The maximum Gasteiger partial charge on any atom is 0.138 e. The van der Waals surface area contributed by atoms with Gasteiger partial charge in [-0.2, -0.15) is 0 Å². The smallest absolute Gasteiger partial charge is 0.138 e. The number of nitrogens with zero attached hydrogens (tertiary/aromatic N) is 3. The molecule has 0 aromatic carbocycles. The topological polar surface area (TPSA) is 54.5 Å². The minimum absolute atomic E-state index is 0.702. The summed E-state index contributed by atoms with van der Waals surface area (Å²) in [6, 6.07) is 5.79. The van der Waals surface area contributed by atoms with E-state index in [-0.39, 0.29) is 0 Å². The zero-order valence-corrected chi connectivity index (χ0v) is 6.36. The molecule has 0 bridgehead atoms. The molecule has 0 atom stereocenters. The van der Waals surface area contributed by atoms with E-state index in [0.29, 0.717) is 6.42 Å². The Labute approximate surface area is 69.7 Å².